The number of ether oxygens (including phenoxy) is 1. The Morgan fingerprint density at radius 2 is 1.67 bits per heavy atom. The van der Waals surface area contributed by atoms with Gasteiger partial charge in [-0.15, -0.1) is 0 Å². The lowest BCUT2D eigenvalue weighted by Crippen LogP contribution is -2.17. The largest absolute Gasteiger partial charge is 0.481 e. The fourth-order valence-electron chi connectivity index (χ4n) is 4.34. The molecule has 4 rings (SSSR count). The van der Waals surface area contributed by atoms with Crippen LogP contribution in [0.3, 0.4) is 0 Å². The Bertz CT molecular complexity index is 935. The fraction of sp³-hybridized carbons (Fsp3) is 0.500. The summed E-state index contributed by atoms with van der Waals surface area (Å²) in [6.45, 7) is 0. The normalized spacial score (nSPS) is 20.0. The van der Waals surface area contributed by atoms with Gasteiger partial charge in [0.1, 0.15) is 5.75 Å². The number of benzene rings is 1. The van der Waals surface area contributed by atoms with Gasteiger partial charge >= 0.3 is 11.9 Å². The highest BCUT2D eigenvalue weighted by Crippen LogP contribution is 2.31. The summed E-state index contributed by atoms with van der Waals surface area (Å²) in [5.41, 5.74) is 0.583. The van der Waals surface area contributed by atoms with Crippen LogP contribution in [-0.4, -0.2) is 28.2 Å². The Morgan fingerprint density at radius 3 is 2.18 bits per heavy atom. The second-order valence-corrected chi connectivity index (χ2v) is 10.0. The molecule has 3 fully saturated rings. The van der Waals surface area contributed by atoms with E-state index >= 15 is 0 Å². The average Bonchev–Trinajstić information content (AvgIpc) is 3.48. The van der Waals surface area contributed by atoms with Crippen molar-refractivity contribution in [3.8, 4) is 5.75 Å². The van der Waals surface area contributed by atoms with Crippen molar-refractivity contribution in [2.24, 2.45) is 11.8 Å². The van der Waals surface area contributed by atoms with Crippen molar-refractivity contribution in [1.82, 2.24) is 5.32 Å². The minimum Gasteiger partial charge on any atom is -0.481 e. The molecule has 1 aliphatic heterocycles. The van der Waals surface area contributed by atoms with Gasteiger partial charge in [-0.2, -0.15) is 0 Å². The Kier molecular flexibility index (Phi) is 9.38. The van der Waals surface area contributed by atoms with Crippen LogP contribution in [0.5, 0.6) is 5.75 Å². The van der Waals surface area contributed by atoms with Gasteiger partial charge in [0, 0.05) is 18.9 Å². The SMILES string of the molecule is O=C(CC1CCCC1)Oc1ccc(/C=C2\SC(=O)NC2=O)c(Cl)c1.O=C(O)CC1CCCC1. The Balaban J connectivity index is 0.000000286. The third-order valence-corrected chi connectivity index (χ3v) is 7.14. The summed E-state index contributed by atoms with van der Waals surface area (Å²) in [4.78, 5) is 45.1. The number of aliphatic carboxylic acids is 1. The molecule has 2 N–H and O–H groups in total. The van der Waals surface area contributed by atoms with Gasteiger partial charge in [0.2, 0.25) is 0 Å². The summed E-state index contributed by atoms with van der Waals surface area (Å²) < 4.78 is 5.34. The number of carbonyl (C=O) groups is 4. The van der Waals surface area contributed by atoms with Gasteiger partial charge in [0.05, 0.1) is 9.93 Å². The van der Waals surface area contributed by atoms with Crippen LogP contribution in [-0.2, 0) is 14.4 Å². The predicted molar refractivity (Wildman–Crippen MR) is 127 cm³/mol. The van der Waals surface area contributed by atoms with Gasteiger partial charge in [0.15, 0.2) is 0 Å². The van der Waals surface area contributed by atoms with Crippen LogP contribution in [0.4, 0.5) is 4.79 Å². The number of esters is 1. The summed E-state index contributed by atoms with van der Waals surface area (Å²) in [5.74, 6) is -0.0323. The van der Waals surface area contributed by atoms with Crippen LogP contribution in [0, 0.1) is 11.8 Å². The molecule has 178 valence electrons. The van der Waals surface area contributed by atoms with Crippen LogP contribution in [0.15, 0.2) is 23.1 Å². The summed E-state index contributed by atoms with van der Waals surface area (Å²) in [6, 6.07) is 4.83. The molecule has 1 aromatic rings. The molecule has 0 radical (unpaired) electrons. The highest BCUT2D eigenvalue weighted by molar-refractivity contribution is 8.18. The Hall–Kier alpha value is -2.32. The van der Waals surface area contributed by atoms with E-state index in [1.165, 1.54) is 31.8 Å². The molecule has 2 amide bonds. The zero-order chi connectivity index (χ0) is 23.8. The molecule has 0 atom stereocenters. The summed E-state index contributed by atoms with van der Waals surface area (Å²) in [7, 11) is 0. The molecule has 0 spiro atoms. The summed E-state index contributed by atoms with van der Waals surface area (Å²) in [5, 5.41) is 10.5. The molecule has 0 aromatic heterocycles. The lowest BCUT2D eigenvalue weighted by Gasteiger charge is -2.09. The van der Waals surface area contributed by atoms with E-state index in [9.17, 15) is 19.2 Å². The zero-order valence-electron chi connectivity index (χ0n) is 18.3. The number of thioether (sulfide) groups is 1. The van der Waals surface area contributed by atoms with E-state index in [2.05, 4.69) is 5.32 Å². The fourth-order valence-corrected chi connectivity index (χ4v) is 5.23. The van der Waals surface area contributed by atoms with E-state index in [-0.39, 0.29) is 10.9 Å². The average molecular weight is 494 g/mol. The van der Waals surface area contributed by atoms with E-state index < -0.39 is 17.1 Å². The number of hydrogen-bond donors (Lipinski definition) is 2. The molecule has 0 bridgehead atoms. The lowest BCUT2D eigenvalue weighted by atomic mass is 10.0. The van der Waals surface area contributed by atoms with Gasteiger partial charge in [0.25, 0.3) is 11.1 Å². The number of rotatable bonds is 6. The van der Waals surface area contributed by atoms with Crippen molar-refractivity contribution in [3.05, 3.63) is 33.7 Å². The molecule has 1 aromatic carbocycles. The number of carboxylic acid groups (broad SMARTS) is 1. The van der Waals surface area contributed by atoms with Crippen LogP contribution in [0.2, 0.25) is 5.02 Å². The van der Waals surface area contributed by atoms with E-state index in [0.29, 0.717) is 41.0 Å². The quantitative estimate of drug-likeness (QED) is 0.292. The third kappa shape index (κ3) is 8.19. The highest BCUT2D eigenvalue weighted by atomic mass is 35.5. The number of nitrogens with one attached hydrogen (secondary N) is 1. The standard InChI is InChI=1S/C17H16ClNO4S.C7H12O2/c18-13-9-12(23-15(20)7-10-3-1-2-4-10)6-5-11(13)8-14-16(21)19-17(22)24-14;8-7(9)5-6-3-1-2-4-6/h5-6,8-10H,1-4,7H2,(H,19,21,22);6H,1-5H2,(H,8,9)/b14-8-;. The number of halogens is 1. The number of carboxylic acids is 1. The first-order valence-corrected chi connectivity index (χ1v) is 12.5. The van der Waals surface area contributed by atoms with Crippen molar-refractivity contribution in [1.29, 1.82) is 0 Å². The molecular weight excluding hydrogens is 466 g/mol. The van der Waals surface area contributed by atoms with Crippen LogP contribution in [0.25, 0.3) is 6.08 Å². The number of carbonyl (C=O) groups excluding carboxylic acids is 3. The van der Waals surface area contributed by atoms with E-state index in [4.69, 9.17) is 21.4 Å². The summed E-state index contributed by atoms with van der Waals surface area (Å²) >= 11 is 7.01. The van der Waals surface area contributed by atoms with Crippen molar-refractivity contribution in [2.45, 2.75) is 64.2 Å². The molecular formula is C24H28ClNO6S. The molecule has 7 nitrogen and oxygen atoms in total. The zero-order valence-corrected chi connectivity index (χ0v) is 19.9. The van der Waals surface area contributed by atoms with Crippen molar-refractivity contribution >= 4 is 52.5 Å². The van der Waals surface area contributed by atoms with E-state index in [1.807, 2.05) is 0 Å². The summed E-state index contributed by atoms with van der Waals surface area (Å²) in [6.07, 6.45) is 11.6. The lowest BCUT2D eigenvalue weighted by molar-refractivity contribution is -0.138. The highest BCUT2D eigenvalue weighted by Gasteiger charge is 2.25. The maximum Gasteiger partial charge on any atom is 0.311 e. The van der Waals surface area contributed by atoms with Gasteiger partial charge in [-0.1, -0.05) is 37.3 Å². The second-order valence-electron chi connectivity index (χ2n) is 8.61. The predicted octanol–water partition coefficient (Wildman–Crippen LogP) is 5.80. The molecule has 2 saturated carbocycles. The van der Waals surface area contributed by atoms with Crippen LogP contribution < -0.4 is 10.1 Å². The van der Waals surface area contributed by atoms with Crippen LogP contribution in [0.1, 0.15) is 69.8 Å². The number of imide groups is 1. The van der Waals surface area contributed by atoms with E-state index in [0.717, 1.165) is 37.4 Å². The van der Waals surface area contributed by atoms with E-state index in [1.54, 1.807) is 18.2 Å². The van der Waals surface area contributed by atoms with Gasteiger partial charge in [-0.3, -0.25) is 24.5 Å². The molecule has 1 heterocycles. The Morgan fingerprint density at radius 1 is 1.06 bits per heavy atom. The minimum atomic E-state index is -0.637. The maximum absolute atomic E-state index is 12.0. The maximum atomic E-state index is 12.0. The van der Waals surface area contributed by atoms with Gasteiger partial charge in [-0.25, -0.2) is 0 Å². The monoisotopic (exact) mass is 493 g/mol. The first kappa shape index (κ1) is 25.3. The topological polar surface area (TPSA) is 110 Å². The molecule has 9 heteroatoms. The Labute approximate surface area is 202 Å². The smallest absolute Gasteiger partial charge is 0.311 e. The molecule has 33 heavy (non-hydrogen) atoms. The molecule has 0 unspecified atom stereocenters. The van der Waals surface area contributed by atoms with Crippen molar-refractivity contribution < 1.29 is 29.0 Å². The van der Waals surface area contributed by atoms with Crippen molar-refractivity contribution in [2.75, 3.05) is 0 Å². The van der Waals surface area contributed by atoms with Crippen molar-refractivity contribution in [3.63, 3.8) is 0 Å². The van der Waals surface area contributed by atoms with Gasteiger partial charge < -0.3 is 9.84 Å². The van der Waals surface area contributed by atoms with Gasteiger partial charge in [-0.05, 0) is 73.1 Å². The minimum absolute atomic E-state index is 0.250. The molecule has 2 aliphatic carbocycles. The first-order valence-electron chi connectivity index (χ1n) is 11.3. The number of hydrogen-bond acceptors (Lipinski definition) is 6. The first-order chi connectivity index (χ1) is 15.8. The molecule has 1 saturated heterocycles. The third-order valence-electron chi connectivity index (χ3n) is 6.00. The van der Waals surface area contributed by atoms with Crippen LogP contribution >= 0.6 is 23.4 Å². The molecule has 3 aliphatic rings. The second kappa shape index (κ2) is 12.2. The number of amides is 2.